The summed E-state index contributed by atoms with van der Waals surface area (Å²) in [5, 5.41) is 4.80. The molecule has 0 aromatic heterocycles. The van der Waals surface area contributed by atoms with Crippen LogP contribution in [0, 0.1) is 0 Å². The van der Waals surface area contributed by atoms with Gasteiger partial charge in [0.2, 0.25) is 0 Å². The van der Waals surface area contributed by atoms with Crippen LogP contribution in [-0.4, -0.2) is 49.8 Å². The quantitative estimate of drug-likeness (QED) is 0.0972. The van der Waals surface area contributed by atoms with Crippen molar-refractivity contribution in [3.63, 3.8) is 0 Å². The second-order valence-electron chi connectivity index (χ2n) is 14.4. The Bertz CT molecular complexity index is 1770. The predicted octanol–water partition coefficient (Wildman–Crippen LogP) is 10.4. The van der Waals surface area contributed by atoms with E-state index < -0.39 is 10.1 Å². The van der Waals surface area contributed by atoms with E-state index in [9.17, 15) is 0 Å². The maximum absolute atomic E-state index is 9.08. The first-order valence-electron chi connectivity index (χ1n) is 19.1. The number of hydrogen-bond acceptors (Lipinski definition) is 6. The van der Waals surface area contributed by atoms with E-state index in [1.165, 1.54) is 80.9 Å². The molecule has 6 rings (SSSR count). The van der Waals surface area contributed by atoms with Crippen molar-refractivity contribution in [1.29, 1.82) is 0 Å². The number of rotatable bonds is 10. The van der Waals surface area contributed by atoms with Gasteiger partial charge in [-0.25, -0.2) is 8.42 Å². The van der Waals surface area contributed by atoms with E-state index in [2.05, 4.69) is 131 Å². The molecule has 9 heteroatoms. The average molecular weight is 850 g/mol. The fourth-order valence-corrected chi connectivity index (χ4v) is 11.8. The first kappa shape index (κ1) is 43.0. The van der Waals surface area contributed by atoms with E-state index in [4.69, 9.17) is 22.4 Å². The summed E-state index contributed by atoms with van der Waals surface area (Å²) in [6.07, 6.45) is 15.0. The molecular formula is C44H58NO5PPdS. The Labute approximate surface area is 331 Å². The molecule has 0 bridgehead atoms. The summed E-state index contributed by atoms with van der Waals surface area (Å²) in [7, 11) is -2.19. The Morgan fingerprint density at radius 2 is 1.09 bits per heavy atom. The van der Waals surface area contributed by atoms with Gasteiger partial charge >= 0.3 is 101 Å². The summed E-state index contributed by atoms with van der Waals surface area (Å²) in [6, 6.07) is 32.2. The number of anilines is 1. The molecule has 0 radical (unpaired) electrons. The molecule has 0 heterocycles. The molecule has 4 aromatic carbocycles. The third kappa shape index (κ3) is 13.5. The molecule has 2 aliphatic carbocycles. The zero-order valence-electron chi connectivity index (χ0n) is 32.3. The van der Waals surface area contributed by atoms with Gasteiger partial charge in [0.05, 0.1) is 27.9 Å². The minimum atomic E-state index is -3.92. The maximum atomic E-state index is 9.08. The van der Waals surface area contributed by atoms with Crippen LogP contribution in [-0.2, 0) is 29.3 Å². The summed E-state index contributed by atoms with van der Waals surface area (Å²) in [5.74, 6) is 1.91. The number of ether oxygens (including phenoxy) is 2. The number of hydrogen-bond donors (Lipinski definition) is 1. The molecule has 0 amide bonds. The summed E-state index contributed by atoms with van der Waals surface area (Å²) in [5.41, 5.74) is 7.85. The van der Waals surface area contributed by atoms with E-state index in [1.54, 1.807) is 5.30 Å². The first-order valence-corrected chi connectivity index (χ1v) is 23.2. The molecule has 0 atom stereocenters. The molecule has 6 nitrogen and oxygen atoms in total. The second-order valence-corrected chi connectivity index (χ2v) is 19.4. The van der Waals surface area contributed by atoms with Crippen LogP contribution in [0.2, 0.25) is 0 Å². The van der Waals surface area contributed by atoms with Crippen LogP contribution in [0.3, 0.4) is 0 Å². The van der Waals surface area contributed by atoms with E-state index in [0.717, 1.165) is 38.1 Å². The number of para-hydroxylation sites is 1. The Kier molecular flexibility index (Phi) is 17.4. The van der Waals surface area contributed by atoms with Crippen LogP contribution in [0.4, 0.5) is 5.69 Å². The Balaban J connectivity index is 0.000000258. The van der Waals surface area contributed by atoms with E-state index in [1.807, 2.05) is 19.2 Å². The van der Waals surface area contributed by atoms with Crippen LogP contribution >= 0.6 is 7.92 Å². The minimum Gasteiger partial charge on any atom is -0.748 e. The standard InChI is InChI=1S/C30H43O2P.C13H12N.CH4O3S.Pd/c1-22(2)31-27-19-13-20-28(32-23(3)4)30(27)26-18-11-12-21-29(26)33(24-14-7-5-8-15-24)25-16-9-6-10-17-25;1-14-13-10-6-5-9-12(13)11-7-3-2-4-8-11;1-5(2,3)4;/h11-13,18-25H,5-10,14-17H2,1-4H3;2-7,9-10,14H,1H3;1H3,(H,2,3,4);/q;;;+1/p-1. The molecule has 4 aromatic rings. The van der Waals surface area contributed by atoms with E-state index in [-0.39, 0.29) is 20.1 Å². The normalized spacial score (nSPS) is 15.3. The van der Waals surface area contributed by atoms with Crippen molar-refractivity contribution < 1.29 is 41.6 Å². The van der Waals surface area contributed by atoms with Gasteiger partial charge in [0.25, 0.3) is 0 Å². The first-order chi connectivity index (χ1) is 25.4. The van der Waals surface area contributed by atoms with Gasteiger partial charge in [0, 0.05) is 6.26 Å². The Morgan fingerprint density at radius 1 is 0.660 bits per heavy atom. The summed E-state index contributed by atoms with van der Waals surface area (Å²) in [6.45, 7) is 8.45. The molecule has 2 saturated carbocycles. The molecule has 53 heavy (non-hydrogen) atoms. The smallest absolute Gasteiger partial charge is 0.0916 e. The van der Waals surface area contributed by atoms with Gasteiger partial charge in [-0.05, 0) is 87.7 Å². The van der Waals surface area contributed by atoms with Crippen molar-refractivity contribution in [1.82, 2.24) is 0 Å². The largest absolute Gasteiger partial charge is 0.748 e. The third-order valence-electron chi connectivity index (χ3n) is 9.43. The second kappa shape index (κ2) is 21.4. The molecule has 2 aliphatic rings. The predicted molar refractivity (Wildman–Crippen MR) is 220 cm³/mol. The topological polar surface area (TPSA) is 87.7 Å². The van der Waals surface area contributed by atoms with Gasteiger partial charge in [-0.3, -0.25) is 0 Å². The van der Waals surface area contributed by atoms with Crippen molar-refractivity contribution in [3.05, 3.63) is 91.0 Å². The van der Waals surface area contributed by atoms with Gasteiger partial charge in [-0.15, -0.1) is 0 Å². The zero-order chi connectivity index (χ0) is 38.4. The molecule has 0 aliphatic heterocycles. The molecule has 0 spiro atoms. The van der Waals surface area contributed by atoms with Crippen LogP contribution in [0.25, 0.3) is 22.3 Å². The van der Waals surface area contributed by atoms with Crippen LogP contribution in [0.1, 0.15) is 91.9 Å². The zero-order valence-corrected chi connectivity index (χ0v) is 35.5. The number of benzene rings is 4. The molecule has 0 unspecified atom stereocenters. The van der Waals surface area contributed by atoms with Crippen molar-refractivity contribution in [2.75, 3.05) is 18.6 Å². The summed E-state index contributed by atoms with van der Waals surface area (Å²) < 4.78 is 41.1. The molecule has 1 N–H and O–H groups in total. The maximum Gasteiger partial charge on any atom is 0.0916 e. The van der Waals surface area contributed by atoms with Crippen LogP contribution in [0.5, 0.6) is 11.5 Å². The van der Waals surface area contributed by atoms with E-state index in [0.29, 0.717) is 6.26 Å². The van der Waals surface area contributed by atoms with Crippen molar-refractivity contribution in [3.8, 4) is 33.8 Å². The minimum absolute atomic E-state index is 0.128. The van der Waals surface area contributed by atoms with Gasteiger partial charge in [0.1, 0.15) is 11.5 Å². The van der Waals surface area contributed by atoms with Crippen LogP contribution < -0.4 is 24.1 Å². The molecule has 290 valence electrons. The van der Waals surface area contributed by atoms with Gasteiger partial charge < -0.3 is 14.0 Å². The fourth-order valence-electron chi connectivity index (χ4n) is 7.40. The van der Waals surface area contributed by atoms with Crippen molar-refractivity contribution >= 4 is 33.1 Å². The van der Waals surface area contributed by atoms with Crippen LogP contribution in [0.15, 0.2) is 91.0 Å². The molecule has 0 saturated heterocycles. The Morgan fingerprint density at radius 3 is 1.57 bits per heavy atom. The fraction of sp³-hybridized carbons (Fsp3) is 0.455. The van der Waals surface area contributed by atoms with E-state index >= 15 is 0 Å². The van der Waals surface area contributed by atoms with Crippen molar-refractivity contribution in [2.45, 2.75) is 115 Å². The average Bonchev–Trinajstić information content (AvgIpc) is 3.13. The summed E-state index contributed by atoms with van der Waals surface area (Å²) >= 11 is 3.28. The van der Waals surface area contributed by atoms with Gasteiger partial charge in [-0.1, -0.05) is 76.8 Å². The SMILES string of the molecule is CC(C)Oc1cccc(OC(C)C)c1-c1ccccc1P(C1CCCCC1)C1CCCCC1.CNc1ccccc1-c1cccc[c]1[Pd+].CS(=O)(=O)[O-]. The van der Waals surface area contributed by atoms with Crippen molar-refractivity contribution in [2.24, 2.45) is 0 Å². The van der Waals surface area contributed by atoms with Gasteiger partial charge in [-0.2, -0.15) is 0 Å². The Hall–Kier alpha value is -2.72. The monoisotopic (exact) mass is 849 g/mol. The molecule has 2 fully saturated rings. The van der Waals surface area contributed by atoms with Gasteiger partial charge in [0.15, 0.2) is 0 Å². The third-order valence-corrected chi connectivity index (χ3v) is 13.7. The number of nitrogens with one attached hydrogen (secondary N) is 1. The summed E-state index contributed by atoms with van der Waals surface area (Å²) in [4.78, 5) is 0. The molecular weight excluding hydrogens is 792 g/mol.